The molecule has 128 valence electrons. The molecule has 1 atom stereocenters. The number of carbonyl (C=O) groups excluding carboxylic acids is 1. The van der Waals surface area contributed by atoms with Gasteiger partial charge in [-0.3, -0.25) is 0 Å². The Balaban J connectivity index is 2.21. The molecule has 1 aromatic rings. The lowest BCUT2D eigenvalue weighted by atomic mass is 9.92. The molecule has 23 heavy (non-hydrogen) atoms. The van der Waals surface area contributed by atoms with Crippen molar-refractivity contribution < 1.29 is 19.4 Å². The van der Waals surface area contributed by atoms with E-state index in [0.717, 1.165) is 23.3 Å². The van der Waals surface area contributed by atoms with Gasteiger partial charge in [0.1, 0.15) is 5.75 Å². The van der Waals surface area contributed by atoms with Gasteiger partial charge in [0.15, 0.2) is 0 Å². The third-order valence-corrected chi connectivity index (χ3v) is 4.10. The van der Waals surface area contributed by atoms with Crippen molar-refractivity contribution in [2.24, 2.45) is 0 Å². The number of nitrogens with zero attached hydrogens (tertiary/aromatic N) is 1. The van der Waals surface area contributed by atoms with Gasteiger partial charge in [-0.25, -0.2) is 4.79 Å². The minimum absolute atomic E-state index is 0.105. The van der Waals surface area contributed by atoms with Gasteiger partial charge < -0.3 is 24.8 Å². The Morgan fingerprint density at radius 1 is 1.43 bits per heavy atom. The minimum Gasteiger partial charge on any atom is -0.496 e. The first kappa shape index (κ1) is 17.6. The second-order valence-corrected chi connectivity index (χ2v) is 5.71. The summed E-state index contributed by atoms with van der Waals surface area (Å²) in [5.41, 5.74) is 3.40. The molecule has 0 radical (unpaired) electrons. The smallest absolute Gasteiger partial charge is 0.410 e. The first-order chi connectivity index (χ1) is 11.1. The highest BCUT2D eigenvalue weighted by atomic mass is 16.6. The molecule has 1 aliphatic heterocycles. The Bertz CT molecular complexity index is 548. The van der Waals surface area contributed by atoms with Crippen molar-refractivity contribution in [3.63, 3.8) is 0 Å². The summed E-state index contributed by atoms with van der Waals surface area (Å²) < 4.78 is 10.6. The predicted molar refractivity (Wildman–Crippen MR) is 87.5 cm³/mol. The standard InChI is InChI=1S/C17H26N2O4/c1-4-23-17(21)19-11-15-9-16(22-3)14(10-18-5-6-20)8-13(15)7-12(19)2/h8-9,12,18,20H,4-7,10-11H2,1-3H3. The van der Waals surface area contributed by atoms with Gasteiger partial charge >= 0.3 is 6.09 Å². The van der Waals surface area contributed by atoms with Gasteiger partial charge in [-0.2, -0.15) is 0 Å². The zero-order valence-electron chi connectivity index (χ0n) is 14.1. The van der Waals surface area contributed by atoms with Crippen LogP contribution in [0.5, 0.6) is 5.75 Å². The van der Waals surface area contributed by atoms with Crippen LogP contribution in [0.2, 0.25) is 0 Å². The Kier molecular flexibility index (Phi) is 6.24. The molecule has 0 aromatic heterocycles. The lowest BCUT2D eigenvalue weighted by Crippen LogP contribution is -2.43. The lowest BCUT2D eigenvalue weighted by molar-refractivity contribution is 0.0861. The van der Waals surface area contributed by atoms with Crippen LogP contribution in [-0.2, 0) is 24.2 Å². The Morgan fingerprint density at radius 3 is 2.87 bits per heavy atom. The van der Waals surface area contributed by atoms with E-state index >= 15 is 0 Å². The topological polar surface area (TPSA) is 71.0 Å². The van der Waals surface area contributed by atoms with Crippen LogP contribution in [0.1, 0.15) is 30.5 Å². The fourth-order valence-corrected chi connectivity index (χ4v) is 2.90. The van der Waals surface area contributed by atoms with Gasteiger partial charge in [0, 0.05) is 31.2 Å². The van der Waals surface area contributed by atoms with Crippen LogP contribution >= 0.6 is 0 Å². The third-order valence-electron chi connectivity index (χ3n) is 4.10. The number of hydrogen-bond acceptors (Lipinski definition) is 5. The molecule has 1 heterocycles. The number of aliphatic hydroxyl groups excluding tert-OH is 1. The van der Waals surface area contributed by atoms with Crippen molar-refractivity contribution in [2.75, 3.05) is 26.9 Å². The van der Waals surface area contributed by atoms with Crippen molar-refractivity contribution in [1.29, 1.82) is 0 Å². The number of nitrogens with one attached hydrogen (secondary N) is 1. The summed E-state index contributed by atoms with van der Waals surface area (Å²) in [5, 5.41) is 12.1. The SMILES string of the molecule is CCOC(=O)N1Cc2cc(OC)c(CNCCO)cc2CC1C. The van der Waals surface area contributed by atoms with E-state index in [1.165, 1.54) is 5.56 Å². The molecule has 0 saturated heterocycles. The highest BCUT2D eigenvalue weighted by Crippen LogP contribution is 2.30. The summed E-state index contributed by atoms with van der Waals surface area (Å²) in [5.74, 6) is 0.799. The first-order valence-electron chi connectivity index (χ1n) is 8.04. The molecule has 2 N–H and O–H groups in total. The zero-order valence-corrected chi connectivity index (χ0v) is 14.1. The van der Waals surface area contributed by atoms with Crippen LogP contribution in [0, 0.1) is 0 Å². The van der Waals surface area contributed by atoms with E-state index in [-0.39, 0.29) is 18.7 Å². The summed E-state index contributed by atoms with van der Waals surface area (Å²) in [4.78, 5) is 13.8. The highest BCUT2D eigenvalue weighted by Gasteiger charge is 2.28. The number of methoxy groups -OCH3 is 1. The van der Waals surface area contributed by atoms with Gasteiger partial charge in [-0.05, 0) is 37.5 Å². The normalized spacial score (nSPS) is 16.9. The van der Waals surface area contributed by atoms with Gasteiger partial charge in [-0.1, -0.05) is 6.07 Å². The van der Waals surface area contributed by atoms with Crippen molar-refractivity contribution >= 4 is 6.09 Å². The van der Waals surface area contributed by atoms with Gasteiger partial charge in [0.05, 0.1) is 20.3 Å². The van der Waals surface area contributed by atoms with Crippen molar-refractivity contribution in [1.82, 2.24) is 10.2 Å². The molecule has 0 fully saturated rings. The number of hydrogen-bond donors (Lipinski definition) is 2. The molecule has 1 aliphatic rings. The van der Waals surface area contributed by atoms with Crippen LogP contribution in [0.15, 0.2) is 12.1 Å². The number of amides is 1. The quantitative estimate of drug-likeness (QED) is 0.780. The number of aliphatic hydroxyl groups is 1. The number of ether oxygens (including phenoxy) is 2. The van der Waals surface area contributed by atoms with E-state index in [2.05, 4.69) is 11.4 Å². The van der Waals surface area contributed by atoms with E-state index in [1.54, 1.807) is 12.0 Å². The summed E-state index contributed by atoms with van der Waals surface area (Å²) in [6.07, 6.45) is 0.531. The Hall–Kier alpha value is -1.79. The maximum atomic E-state index is 12.1. The molecule has 2 rings (SSSR count). The maximum Gasteiger partial charge on any atom is 0.410 e. The molecule has 0 spiro atoms. The van der Waals surface area contributed by atoms with Crippen molar-refractivity contribution in [3.8, 4) is 5.75 Å². The molecule has 1 aromatic carbocycles. The molecule has 1 amide bonds. The Morgan fingerprint density at radius 2 is 2.22 bits per heavy atom. The predicted octanol–water partition coefficient (Wildman–Crippen LogP) is 1.68. The summed E-state index contributed by atoms with van der Waals surface area (Å²) >= 11 is 0. The third kappa shape index (κ3) is 4.14. The average Bonchev–Trinajstić information content (AvgIpc) is 2.54. The van der Waals surface area contributed by atoms with E-state index in [0.29, 0.717) is 26.2 Å². The van der Waals surface area contributed by atoms with Crippen LogP contribution in [-0.4, -0.2) is 49.0 Å². The van der Waals surface area contributed by atoms with E-state index in [1.807, 2.05) is 19.9 Å². The summed E-state index contributed by atoms with van der Waals surface area (Å²) in [7, 11) is 1.64. The largest absolute Gasteiger partial charge is 0.496 e. The fourth-order valence-electron chi connectivity index (χ4n) is 2.90. The molecule has 6 nitrogen and oxygen atoms in total. The van der Waals surface area contributed by atoms with Crippen LogP contribution in [0.3, 0.4) is 0 Å². The van der Waals surface area contributed by atoms with E-state index in [9.17, 15) is 4.79 Å². The van der Waals surface area contributed by atoms with Crippen LogP contribution < -0.4 is 10.1 Å². The molecule has 0 aliphatic carbocycles. The number of benzene rings is 1. The van der Waals surface area contributed by atoms with Gasteiger partial charge in [-0.15, -0.1) is 0 Å². The number of fused-ring (bicyclic) bond motifs is 1. The van der Waals surface area contributed by atoms with Gasteiger partial charge in [0.25, 0.3) is 0 Å². The van der Waals surface area contributed by atoms with Crippen LogP contribution in [0.4, 0.5) is 4.79 Å². The van der Waals surface area contributed by atoms with Gasteiger partial charge in [0.2, 0.25) is 0 Å². The molecular weight excluding hydrogens is 296 g/mol. The van der Waals surface area contributed by atoms with E-state index < -0.39 is 0 Å². The summed E-state index contributed by atoms with van der Waals surface area (Å²) in [6.45, 7) is 6.08. The Labute approximate surface area is 137 Å². The fraction of sp³-hybridized carbons (Fsp3) is 0.588. The highest BCUT2D eigenvalue weighted by molar-refractivity contribution is 5.68. The number of rotatable bonds is 6. The molecule has 0 bridgehead atoms. The monoisotopic (exact) mass is 322 g/mol. The molecule has 1 unspecified atom stereocenters. The molecule has 0 saturated carbocycles. The average molecular weight is 322 g/mol. The minimum atomic E-state index is -0.265. The van der Waals surface area contributed by atoms with Crippen LogP contribution in [0.25, 0.3) is 0 Å². The molecule has 6 heteroatoms. The number of carbonyl (C=O) groups is 1. The van der Waals surface area contributed by atoms with E-state index in [4.69, 9.17) is 14.6 Å². The first-order valence-corrected chi connectivity index (χ1v) is 8.04. The lowest BCUT2D eigenvalue weighted by Gasteiger charge is -2.34. The second-order valence-electron chi connectivity index (χ2n) is 5.71. The zero-order chi connectivity index (χ0) is 16.8. The van der Waals surface area contributed by atoms with Crippen molar-refractivity contribution in [3.05, 3.63) is 28.8 Å². The summed E-state index contributed by atoms with van der Waals surface area (Å²) in [6, 6.07) is 4.24. The van der Waals surface area contributed by atoms with Crippen molar-refractivity contribution in [2.45, 2.75) is 39.4 Å². The second kappa shape index (κ2) is 8.17. The maximum absolute atomic E-state index is 12.1. The molecular formula is C17H26N2O4.